The van der Waals surface area contributed by atoms with Crippen LogP contribution in [0.15, 0.2) is 42.1 Å². The van der Waals surface area contributed by atoms with Crippen molar-refractivity contribution in [3.63, 3.8) is 0 Å². The molecule has 1 aromatic carbocycles. The second-order valence-electron chi connectivity index (χ2n) is 4.33. The van der Waals surface area contributed by atoms with E-state index in [0.717, 1.165) is 5.56 Å². The average Bonchev–Trinajstić information content (AvgIpc) is 2.91. The Labute approximate surface area is 115 Å². The molecule has 0 fully saturated rings. The molecule has 1 aliphatic rings. The minimum absolute atomic E-state index is 0.247. The molecule has 0 amide bonds. The summed E-state index contributed by atoms with van der Waals surface area (Å²) in [6, 6.07) is 13.3. The van der Waals surface area contributed by atoms with E-state index in [1.54, 1.807) is 0 Å². The van der Waals surface area contributed by atoms with Crippen LogP contribution in [0.1, 0.15) is 17.2 Å². The van der Waals surface area contributed by atoms with Crippen molar-refractivity contribution in [3.05, 3.63) is 53.2 Å². The molecule has 2 aromatic rings. The zero-order valence-electron chi connectivity index (χ0n) is 10.4. The first-order chi connectivity index (χ1) is 9.76. The highest BCUT2D eigenvalue weighted by molar-refractivity contribution is 5.70. The van der Waals surface area contributed by atoms with Crippen LogP contribution in [0.25, 0.3) is 5.82 Å². The van der Waals surface area contributed by atoms with Gasteiger partial charge in [-0.05, 0) is 5.56 Å². The third kappa shape index (κ3) is 1.60. The monoisotopic (exact) mass is 262 g/mol. The van der Waals surface area contributed by atoms with Gasteiger partial charge in [0.05, 0.1) is 17.8 Å². The molecule has 3 rings (SSSR count). The van der Waals surface area contributed by atoms with Gasteiger partial charge in [0, 0.05) is 0 Å². The number of hydrogen-bond acceptors (Lipinski definition) is 5. The highest BCUT2D eigenvalue weighted by atomic mass is 15.4. The zero-order chi connectivity index (χ0) is 14.1. The molecule has 6 heteroatoms. The maximum atomic E-state index is 9.35. The summed E-state index contributed by atoms with van der Waals surface area (Å²) >= 11 is 0. The Morgan fingerprint density at radius 1 is 1.20 bits per heavy atom. The fourth-order valence-corrected chi connectivity index (χ4v) is 2.24. The molecule has 0 saturated carbocycles. The molecule has 0 spiro atoms. The van der Waals surface area contributed by atoms with E-state index in [4.69, 9.17) is 11.0 Å². The smallest absolute Gasteiger partial charge is 0.150 e. The molecule has 96 valence electrons. The number of aromatic nitrogens is 2. The molecule has 1 atom stereocenters. The quantitative estimate of drug-likeness (QED) is 0.811. The summed E-state index contributed by atoms with van der Waals surface area (Å²) in [5, 5.41) is 25.6. The van der Waals surface area contributed by atoms with Crippen molar-refractivity contribution in [3.8, 4) is 12.1 Å². The predicted octanol–water partition coefficient (Wildman–Crippen LogP) is 1.57. The summed E-state index contributed by atoms with van der Waals surface area (Å²) in [5.74, 6) is 0.759. The highest BCUT2D eigenvalue weighted by Crippen LogP contribution is 2.34. The summed E-state index contributed by atoms with van der Waals surface area (Å²) in [4.78, 5) is 0. The Bertz CT molecular complexity index is 772. The summed E-state index contributed by atoms with van der Waals surface area (Å²) in [7, 11) is 0. The van der Waals surface area contributed by atoms with E-state index in [-0.39, 0.29) is 11.9 Å². The Kier molecular flexibility index (Phi) is 2.63. The van der Waals surface area contributed by atoms with Gasteiger partial charge in [-0.1, -0.05) is 30.3 Å². The van der Waals surface area contributed by atoms with Crippen molar-refractivity contribution in [2.24, 2.45) is 5.73 Å². The van der Waals surface area contributed by atoms with Crippen LogP contribution in [0.3, 0.4) is 0 Å². The van der Waals surface area contributed by atoms with E-state index in [0.29, 0.717) is 17.0 Å². The van der Waals surface area contributed by atoms with Gasteiger partial charge in [-0.2, -0.15) is 20.3 Å². The van der Waals surface area contributed by atoms with E-state index in [1.807, 2.05) is 30.3 Å². The first-order valence-electron chi connectivity index (χ1n) is 5.96. The number of nitriles is 2. The number of rotatable bonds is 1. The van der Waals surface area contributed by atoms with Crippen LogP contribution in [-0.2, 0) is 0 Å². The van der Waals surface area contributed by atoms with Crippen LogP contribution in [0, 0.1) is 22.7 Å². The number of nitrogens with one attached hydrogen (secondary N) is 1. The van der Waals surface area contributed by atoms with Crippen LogP contribution in [-0.4, -0.2) is 9.78 Å². The third-order valence-electron chi connectivity index (χ3n) is 3.22. The van der Waals surface area contributed by atoms with Gasteiger partial charge in [0.25, 0.3) is 0 Å². The van der Waals surface area contributed by atoms with E-state index in [9.17, 15) is 5.26 Å². The number of nitrogens with two attached hydrogens (primary N) is 1. The van der Waals surface area contributed by atoms with Gasteiger partial charge in [-0.15, -0.1) is 0 Å². The van der Waals surface area contributed by atoms with Gasteiger partial charge >= 0.3 is 0 Å². The van der Waals surface area contributed by atoms with Crippen molar-refractivity contribution in [1.29, 1.82) is 10.5 Å². The maximum Gasteiger partial charge on any atom is 0.150 e. The normalized spacial score (nSPS) is 16.8. The van der Waals surface area contributed by atoms with Gasteiger partial charge in [-0.3, -0.25) is 0 Å². The SMILES string of the molecule is N#CC1=C(N)n2ncc(C#N)c2NC1c1ccccc1. The van der Waals surface area contributed by atoms with Gasteiger partial charge < -0.3 is 11.1 Å². The van der Waals surface area contributed by atoms with E-state index in [2.05, 4.69) is 22.6 Å². The maximum absolute atomic E-state index is 9.35. The fraction of sp³-hybridized carbons (Fsp3) is 0.0714. The van der Waals surface area contributed by atoms with Gasteiger partial charge in [0.1, 0.15) is 29.3 Å². The largest absolute Gasteiger partial charge is 0.383 e. The van der Waals surface area contributed by atoms with Gasteiger partial charge in [0.2, 0.25) is 0 Å². The summed E-state index contributed by atoms with van der Waals surface area (Å²) in [6.45, 7) is 0. The molecule has 6 nitrogen and oxygen atoms in total. The van der Waals surface area contributed by atoms with E-state index < -0.39 is 0 Å². The second-order valence-corrected chi connectivity index (χ2v) is 4.33. The molecule has 1 unspecified atom stereocenters. The lowest BCUT2D eigenvalue weighted by molar-refractivity contribution is 0.799. The average molecular weight is 262 g/mol. The van der Waals surface area contributed by atoms with Crippen molar-refractivity contribution < 1.29 is 0 Å². The van der Waals surface area contributed by atoms with Crippen molar-refractivity contribution in [1.82, 2.24) is 9.78 Å². The van der Waals surface area contributed by atoms with Crippen LogP contribution < -0.4 is 11.1 Å². The van der Waals surface area contributed by atoms with Crippen molar-refractivity contribution >= 4 is 11.6 Å². The molecule has 0 radical (unpaired) electrons. The molecule has 2 heterocycles. The number of hydrogen-bond donors (Lipinski definition) is 2. The lowest BCUT2D eigenvalue weighted by Gasteiger charge is -2.26. The summed E-state index contributed by atoms with van der Waals surface area (Å²) in [5.41, 5.74) is 7.69. The minimum Gasteiger partial charge on any atom is -0.383 e. The first kappa shape index (κ1) is 11.8. The molecule has 3 N–H and O–H groups in total. The van der Waals surface area contributed by atoms with E-state index >= 15 is 0 Å². The molecular weight excluding hydrogens is 252 g/mol. The van der Waals surface area contributed by atoms with Crippen LogP contribution >= 0.6 is 0 Å². The lowest BCUT2D eigenvalue weighted by Crippen LogP contribution is -2.27. The predicted molar refractivity (Wildman–Crippen MR) is 72.8 cm³/mol. The molecular formula is C14H10N6. The first-order valence-corrected chi connectivity index (χ1v) is 5.96. The number of benzene rings is 1. The Morgan fingerprint density at radius 2 is 1.95 bits per heavy atom. The molecule has 1 aliphatic heterocycles. The minimum atomic E-state index is -0.377. The zero-order valence-corrected chi connectivity index (χ0v) is 10.4. The molecule has 20 heavy (non-hydrogen) atoms. The van der Waals surface area contributed by atoms with Crippen LogP contribution in [0.2, 0.25) is 0 Å². The molecule has 1 aromatic heterocycles. The van der Waals surface area contributed by atoms with Crippen molar-refractivity contribution in [2.75, 3.05) is 5.32 Å². The van der Waals surface area contributed by atoms with Gasteiger partial charge in [-0.25, -0.2) is 0 Å². The summed E-state index contributed by atoms with van der Waals surface area (Å²) < 4.78 is 1.39. The Morgan fingerprint density at radius 3 is 2.60 bits per heavy atom. The second kappa shape index (κ2) is 4.45. The third-order valence-corrected chi connectivity index (χ3v) is 3.22. The topological polar surface area (TPSA) is 103 Å². The van der Waals surface area contributed by atoms with Crippen LogP contribution in [0.4, 0.5) is 5.82 Å². The number of nitrogens with zero attached hydrogens (tertiary/aromatic N) is 4. The molecule has 0 bridgehead atoms. The van der Waals surface area contributed by atoms with E-state index in [1.165, 1.54) is 10.9 Å². The standard InChI is InChI=1S/C14H10N6/c15-6-10-8-18-20-13(17)11(7-16)12(19-14(10)20)9-4-2-1-3-5-9/h1-5,8,12,19H,17H2. The van der Waals surface area contributed by atoms with Crippen molar-refractivity contribution in [2.45, 2.75) is 6.04 Å². The lowest BCUT2D eigenvalue weighted by atomic mass is 9.98. The summed E-state index contributed by atoms with van der Waals surface area (Å²) in [6.07, 6.45) is 1.43. The number of anilines is 1. The number of fused-ring (bicyclic) bond motifs is 1. The Balaban J connectivity index is 2.18. The van der Waals surface area contributed by atoms with Crippen LogP contribution in [0.5, 0.6) is 0 Å². The Hall–Kier alpha value is -3.25. The molecule has 0 saturated heterocycles. The fourth-order valence-electron chi connectivity index (χ4n) is 2.24. The molecule has 0 aliphatic carbocycles. The van der Waals surface area contributed by atoms with Gasteiger partial charge in [0.15, 0.2) is 0 Å². The highest BCUT2D eigenvalue weighted by Gasteiger charge is 2.29.